The zero-order valence-corrected chi connectivity index (χ0v) is 12.8. The molecule has 1 aromatic carbocycles. The van der Waals surface area contributed by atoms with Crippen molar-refractivity contribution in [1.82, 2.24) is 15.3 Å². The van der Waals surface area contributed by atoms with Gasteiger partial charge in [0.1, 0.15) is 5.82 Å². The first kappa shape index (κ1) is 15.0. The van der Waals surface area contributed by atoms with Crippen molar-refractivity contribution < 1.29 is 0 Å². The fourth-order valence-corrected chi connectivity index (χ4v) is 2.49. The second-order valence-electron chi connectivity index (χ2n) is 5.31. The average Bonchev–Trinajstić information content (AvgIpc) is 2.38. The van der Waals surface area contributed by atoms with E-state index in [-0.39, 0.29) is 5.56 Å². The van der Waals surface area contributed by atoms with Crippen molar-refractivity contribution in [3.63, 3.8) is 0 Å². The van der Waals surface area contributed by atoms with Crippen molar-refractivity contribution in [3.8, 4) is 0 Å². The summed E-state index contributed by atoms with van der Waals surface area (Å²) in [6.45, 7) is 7.05. The molecular formula is C15H20ClN3O. The normalized spacial score (nSPS) is 13.1. The number of hydrogen-bond donors (Lipinski definition) is 2. The molecule has 0 radical (unpaired) electrons. The van der Waals surface area contributed by atoms with E-state index >= 15 is 0 Å². The minimum atomic E-state index is -0.124. The summed E-state index contributed by atoms with van der Waals surface area (Å²) in [6, 6.07) is 5.53. The molecule has 1 heterocycles. The minimum Gasteiger partial charge on any atom is -0.309 e. The molecule has 2 rings (SSSR count). The number of rotatable bonds is 5. The molecule has 0 aliphatic carbocycles. The topological polar surface area (TPSA) is 57.8 Å². The van der Waals surface area contributed by atoms with Gasteiger partial charge in [-0.1, -0.05) is 32.4 Å². The predicted molar refractivity (Wildman–Crippen MR) is 83.1 cm³/mol. The fraction of sp³-hybridized carbons (Fsp3) is 0.467. The predicted octanol–water partition coefficient (Wildman–Crippen LogP) is 3.10. The van der Waals surface area contributed by atoms with Gasteiger partial charge in [-0.25, -0.2) is 4.98 Å². The van der Waals surface area contributed by atoms with E-state index in [0.29, 0.717) is 40.3 Å². The molecule has 1 atom stereocenters. The lowest BCUT2D eigenvalue weighted by Gasteiger charge is -2.20. The Labute approximate surface area is 123 Å². The Morgan fingerprint density at radius 1 is 1.40 bits per heavy atom. The molecule has 2 aromatic rings. The van der Waals surface area contributed by atoms with E-state index < -0.39 is 0 Å². The van der Waals surface area contributed by atoms with Gasteiger partial charge in [-0.15, -0.1) is 0 Å². The monoisotopic (exact) mass is 293 g/mol. The van der Waals surface area contributed by atoms with Crippen molar-refractivity contribution in [2.24, 2.45) is 5.92 Å². The number of nitrogens with zero attached hydrogens (tertiary/aromatic N) is 1. The van der Waals surface area contributed by atoms with Crippen LogP contribution in [0.15, 0.2) is 23.0 Å². The molecule has 0 fully saturated rings. The van der Waals surface area contributed by atoms with Crippen LogP contribution in [0, 0.1) is 5.92 Å². The number of aromatic nitrogens is 2. The van der Waals surface area contributed by atoms with E-state index in [0.717, 1.165) is 6.42 Å². The molecule has 2 N–H and O–H groups in total. The van der Waals surface area contributed by atoms with E-state index in [2.05, 4.69) is 36.1 Å². The molecule has 20 heavy (non-hydrogen) atoms. The van der Waals surface area contributed by atoms with Crippen LogP contribution < -0.4 is 10.9 Å². The zero-order chi connectivity index (χ0) is 14.7. The Balaban J connectivity index is 2.25. The number of hydrogen-bond acceptors (Lipinski definition) is 3. The maximum atomic E-state index is 12.0. The fourth-order valence-electron chi connectivity index (χ4n) is 2.32. The molecule has 108 valence electrons. The summed E-state index contributed by atoms with van der Waals surface area (Å²) in [4.78, 5) is 19.3. The summed E-state index contributed by atoms with van der Waals surface area (Å²) in [7, 11) is 0. The van der Waals surface area contributed by atoms with Crippen LogP contribution in [0.2, 0.25) is 5.02 Å². The first-order valence-corrected chi connectivity index (χ1v) is 7.31. The summed E-state index contributed by atoms with van der Waals surface area (Å²) in [5, 5.41) is 4.58. The van der Waals surface area contributed by atoms with Gasteiger partial charge in [0.25, 0.3) is 5.56 Å². The summed E-state index contributed by atoms with van der Waals surface area (Å²) >= 11 is 5.95. The molecule has 0 aliphatic heterocycles. The number of halogens is 1. The Kier molecular flexibility index (Phi) is 4.78. The van der Waals surface area contributed by atoms with Gasteiger partial charge in [-0.05, 0) is 30.5 Å². The first-order chi connectivity index (χ1) is 9.51. The van der Waals surface area contributed by atoms with Crippen LogP contribution in [-0.2, 0) is 6.54 Å². The smallest absolute Gasteiger partial charge is 0.258 e. The van der Waals surface area contributed by atoms with Gasteiger partial charge in [0.2, 0.25) is 0 Å². The molecule has 5 heteroatoms. The van der Waals surface area contributed by atoms with Gasteiger partial charge in [0.15, 0.2) is 0 Å². The van der Waals surface area contributed by atoms with E-state index in [1.165, 1.54) is 0 Å². The van der Waals surface area contributed by atoms with Crippen LogP contribution in [0.25, 0.3) is 10.9 Å². The number of benzene rings is 1. The Bertz CT molecular complexity index is 651. The van der Waals surface area contributed by atoms with Crippen LogP contribution in [0.3, 0.4) is 0 Å². The van der Waals surface area contributed by atoms with Crippen molar-refractivity contribution in [1.29, 1.82) is 0 Å². The number of aromatic amines is 1. The van der Waals surface area contributed by atoms with Gasteiger partial charge in [-0.3, -0.25) is 4.79 Å². The van der Waals surface area contributed by atoms with Crippen molar-refractivity contribution in [3.05, 3.63) is 39.4 Å². The molecule has 0 amide bonds. The quantitative estimate of drug-likeness (QED) is 0.890. The lowest BCUT2D eigenvalue weighted by atomic mass is 10.0. The standard InChI is InChI=1S/C15H20ClN3O/c1-4-12(9(2)3)17-8-14-18-13-7-10(16)5-6-11(13)15(20)19-14/h5-7,9,12,17H,4,8H2,1-3H3,(H,18,19,20). The third-order valence-electron chi connectivity index (χ3n) is 3.49. The van der Waals surface area contributed by atoms with Crippen LogP contribution in [0.5, 0.6) is 0 Å². The summed E-state index contributed by atoms with van der Waals surface area (Å²) in [5.74, 6) is 1.19. The van der Waals surface area contributed by atoms with Crippen molar-refractivity contribution in [2.75, 3.05) is 0 Å². The molecule has 0 spiro atoms. The lowest BCUT2D eigenvalue weighted by molar-refractivity contribution is 0.383. The van der Waals surface area contributed by atoms with E-state index in [1.807, 2.05) is 0 Å². The Morgan fingerprint density at radius 3 is 2.80 bits per heavy atom. The van der Waals surface area contributed by atoms with Gasteiger partial charge in [0.05, 0.1) is 17.4 Å². The van der Waals surface area contributed by atoms with Crippen molar-refractivity contribution in [2.45, 2.75) is 39.8 Å². The van der Waals surface area contributed by atoms with Gasteiger partial charge in [-0.2, -0.15) is 0 Å². The largest absolute Gasteiger partial charge is 0.309 e. The zero-order valence-electron chi connectivity index (χ0n) is 12.0. The molecule has 4 nitrogen and oxygen atoms in total. The summed E-state index contributed by atoms with van der Waals surface area (Å²) < 4.78 is 0. The van der Waals surface area contributed by atoms with Crippen molar-refractivity contribution >= 4 is 22.5 Å². The molecule has 0 aliphatic rings. The third-order valence-corrected chi connectivity index (χ3v) is 3.73. The molecule has 0 saturated heterocycles. The first-order valence-electron chi connectivity index (χ1n) is 6.93. The van der Waals surface area contributed by atoms with Gasteiger partial charge >= 0.3 is 0 Å². The minimum absolute atomic E-state index is 0.124. The highest BCUT2D eigenvalue weighted by Crippen LogP contribution is 2.14. The summed E-state index contributed by atoms with van der Waals surface area (Å²) in [6.07, 6.45) is 1.04. The lowest BCUT2D eigenvalue weighted by Crippen LogP contribution is -2.33. The maximum Gasteiger partial charge on any atom is 0.258 e. The second kappa shape index (κ2) is 6.37. The molecule has 1 aromatic heterocycles. The van der Waals surface area contributed by atoms with Gasteiger partial charge < -0.3 is 10.3 Å². The summed E-state index contributed by atoms with van der Waals surface area (Å²) in [5.41, 5.74) is 0.511. The molecule has 1 unspecified atom stereocenters. The van der Waals surface area contributed by atoms with E-state index in [9.17, 15) is 4.79 Å². The van der Waals surface area contributed by atoms with Crippen LogP contribution in [0.4, 0.5) is 0 Å². The number of fused-ring (bicyclic) bond motifs is 1. The highest BCUT2D eigenvalue weighted by molar-refractivity contribution is 6.31. The molecule has 0 bridgehead atoms. The SMILES string of the molecule is CCC(NCc1nc2cc(Cl)ccc2c(=O)[nH]1)C(C)C. The van der Waals surface area contributed by atoms with E-state index in [1.54, 1.807) is 18.2 Å². The Morgan fingerprint density at radius 2 is 2.15 bits per heavy atom. The average molecular weight is 294 g/mol. The maximum absolute atomic E-state index is 12.0. The van der Waals surface area contributed by atoms with Gasteiger partial charge in [0, 0.05) is 11.1 Å². The van der Waals surface area contributed by atoms with Crippen LogP contribution >= 0.6 is 11.6 Å². The number of nitrogens with one attached hydrogen (secondary N) is 2. The highest BCUT2D eigenvalue weighted by Gasteiger charge is 2.11. The Hall–Kier alpha value is -1.39. The third kappa shape index (κ3) is 3.38. The van der Waals surface area contributed by atoms with Crippen LogP contribution in [-0.4, -0.2) is 16.0 Å². The van der Waals surface area contributed by atoms with E-state index in [4.69, 9.17) is 11.6 Å². The van der Waals surface area contributed by atoms with Crippen LogP contribution in [0.1, 0.15) is 33.0 Å². The molecule has 0 saturated carbocycles. The second-order valence-corrected chi connectivity index (χ2v) is 5.75. The number of H-pyrrole nitrogens is 1. The molecular weight excluding hydrogens is 274 g/mol. The highest BCUT2D eigenvalue weighted by atomic mass is 35.5.